The molecule has 0 spiro atoms. The second-order valence-electron chi connectivity index (χ2n) is 12.9. The summed E-state index contributed by atoms with van der Waals surface area (Å²) in [5, 5.41) is 0. The van der Waals surface area contributed by atoms with Crippen LogP contribution in [0.5, 0.6) is 0 Å². The van der Waals surface area contributed by atoms with Gasteiger partial charge in [-0.1, -0.05) is 164 Å². The highest BCUT2D eigenvalue weighted by atomic mass is 15.1. The first kappa shape index (κ1) is 31.1. The van der Waals surface area contributed by atoms with Gasteiger partial charge < -0.3 is 4.90 Å². The zero-order valence-electron chi connectivity index (χ0n) is 28.5. The van der Waals surface area contributed by atoms with Crippen molar-refractivity contribution in [3.05, 3.63) is 233 Å². The molecule has 0 amide bonds. The van der Waals surface area contributed by atoms with Gasteiger partial charge in [0.2, 0.25) is 0 Å². The Labute approximate surface area is 296 Å². The lowest BCUT2D eigenvalue weighted by molar-refractivity contribution is 0.768. The molecule has 0 aliphatic heterocycles. The molecule has 0 saturated carbocycles. The molecule has 7 aromatic carbocycles. The lowest BCUT2D eigenvalue weighted by Gasteiger charge is -2.34. The molecule has 1 aliphatic rings. The predicted molar refractivity (Wildman–Crippen MR) is 212 cm³/mol. The highest BCUT2D eigenvalue weighted by Crippen LogP contribution is 2.57. The summed E-state index contributed by atoms with van der Waals surface area (Å²) in [4.78, 5) is 2.39. The van der Waals surface area contributed by atoms with Crippen molar-refractivity contribution in [2.45, 2.75) is 19.3 Å². The zero-order chi connectivity index (χ0) is 33.9. The van der Waals surface area contributed by atoms with Crippen molar-refractivity contribution >= 4 is 17.5 Å². The molecule has 240 valence electrons. The number of para-hydroxylation sites is 1. The minimum Gasteiger partial charge on any atom is -0.310 e. The first-order chi connectivity index (χ1) is 24.7. The quantitative estimate of drug-likeness (QED) is 0.149. The lowest BCUT2D eigenvalue weighted by Crippen LogP contribution is -2.28. The standard InChI is InChI=1S/C49H39N/c1-3-19-41(34-37-21-14-16-29-44(37)43-28-15-13-20-36(43)2)50(40-26-11-6-12-27-40)42-32-33-48-46(35-42)45-30-17-18-31-47(45)49(48,38-22-7-4-8-23-38)39-24-9-5-10-25-39/h3-35H,1-2H3/b19-3-,41-34+. The molecule has 0 unspecified atom stereocenters. The Morgan fingerprint density at radius 2 is 1.02 bits per heavy atom. The summed E-state index contributed by atoms with van der Waals surface area (Å²) in [5.41, 5.74) is 15.5. The lowest BCUT2D eigenvalue weighted by atomic mass is 9.68. The first-order valence-corrected chi connectivity index (χ1v) is 17.4. The smallest absolute Gasteiger partial charge is 0.0713 e. The Hall–Kier alpha value is -6.18. The van der Waals surface area contributed by atoms with Crippen LogP contribution in [0, 0.1) is 6.92 Å². The van der Waals surface area contributed by atoms with E-state index in [-0.39, 0.29) is 0 Å². The van der Waals surface area contributed by atoms with Crippen molar-refractivity contribution in [3.8, 4) is 22.3 Å². The maximum absolute atomic E-state index is 2.40. The molecule has 50 heavy (non-hydrogen) atoms. The van der Waals surface area contributed by atoms with Crippen LogP contribution in [0.25, 0.3) is 28.3 Å². The molecular weight excluding hydrogens is 603 g/mol. The largest absolute Gasteiger partial charge is 0.310 e. The number of benzene rings is 7. The average Bonchev–Trinajstić information content (AvgIpc) is 3.47. The number of fused-ring (bicyclic) bond motifs is 3. The van der Waals surface area contributed by atoms with E-state index in [9.17, 15) is 0 Å². The molecule has 0 radical (unpaired) electrons. The molecule has 0 heterocycles. The molecule has 0 saturated heterocycles. The van der Waals surface area contributed by atoms with Crippen LogP contribution in [0.2, 0.25) is 0 Å². The Morgan fingerprint density at radius 1 is 0.480 bits per heavy atom. The van der Waals surface area contributed by atoms with Gasteiger partial charge in [0.1, 0.15) is 0 Å². The third-order valence-electron chi connectivity index (χ3n) is 10.0. The van der Waals surface area contributed by atoms with Crippen molar-refractivity contribution in [1.82, 2.24) is 0 Å². The molecule has 1 heteroatoms. The van der Waals surface area contributed by atoms with Gasteiger partial charge in [0, 0.05) is 17.1 Å². The molecule has 8 rings (SSSR count). The summed E-state index contributed by atoms with van der Waals surface area (Å²) in [5.74, 6) is 0. The van der Waals surface area contributed by atoms with E-state index >= 15 is 0 Å². The second-order valence-corrected chi connectivity index (χ2v) is 12.9. The Balaban J connectivity index is 1.37. The summed E-state index contributed by atoms with van der Waals surface area (Å²) in [6.45, 7) is 4.28. The van der Waals surface area contributed by atoms with Crippen molar-refractivity contribution in [3.63, 3.8) is 0 Å². The number of anilines is 2. The van der Waals surface area contributed by atoms with Crippen LogP contribution in [0.3, 0.4) is 0 Å². The normalized spacial score (nSPS) is 13.2. The highest BCUT2D eigenvalue weighted by molar-refractivity contribution is 5.90. The van der Waals surface area contributed by atoms with Crippen molar-refractivity contribution in [2.75, 3.05) is 4.90 Å². The van der Waals surface area contributed by atoms with E-state index < -0.39 is 5.41 Å². The van der Waals surface area contributed by atoms with Gasteiger partial charge in [-0.05, 0) is 106 Å². The van der Waals surface area contributed by atoms with Crippen LogP contribution >= 0.6 is 0 Å². The molecule has 0 fully saturated rings. The zero-order valence-corrected chi connectivity index (χ0v) is 28.5. The molecule has 7 aromatic rings. The summed E-state index contributed by atoms with van der Waals surface area (Å²) < 4.78 is 0. The number of allylic oxidation sites excluding steroid dienone is 2. The van der Waals surface area contributed by atoms with Crippen LogP contribution in [-0.4, -0.2) is 0 Å². The molecule has 1 nitrogen and oxygen atoms in total. The first-order valence-electron chi connectivity index (χ1n) is 17.4. The van der Waals surface area contributed by atoms with Gasteiger partial charge in [-0.15, -0.1) is 0 Å². The van der Waals surface area contributed by atoms with Crippen LogP contribution in [0.4, 0.5) is 11.4 Å². The Morgan fingerprint density at radius 3 is 1.68 bits per heavy atom. The van der Waals surface area contributed by atoms with Gasteiger partial charge in [0.15, 0.2) is 0 Å². The molecule has 0 N–H and O–H groups in total. The number of hydrogen-bond donors (Lipinski definition) is 0. The predicted octanol–water partition coefficient (Wildman–Crippen LogP) is 12.8. The van der Waals surface area contributed by atoms with Crippen LogP contribution in [-0.2, 0) is 5.41 Å². The van der Waals surface area contributed by atoms with Crippen LogP contribution in [0.15, 0.2) is 200 Å². The van der Waals surface area contributed by atoms with Crippen molar-refractivity contribution in [1.29, 1.82) is 0 Å². The summed E-state index contributed by atoms with van der Waals surface area (Å²) >= 11 is 0. The second kappa shape index (κ2) is 13.4. The van der Waals surface area contributed by atoms with E-state index in [0.717, 1.165) is 17.1 Å². The number of nitrogens with zero attached hydrogens (tertiary/aromatic N) is 1. The topological polar surface area (TPSA) is 3.24 Å². The van der Waals surface area contributed by atoms with Crippen LogP contribution in [0.1, 0.15) is 40.3 Å². The Bertz CT molecular complexity index is 2290. The van der Waals surface area contributed by atoms with E-state index in [1.54, 1.807) is 0 Å². The van der Waals surface area contributed by atoms with Crippen molar-refractivity contribution in [2.24, 2.45) is 0 Å². The number of aryl methyl sites for hydroxylation is 1. The van der Waals surface area contributed by atoms with Gasteiger partial charge in [-0.3, -0.25) is 0 Å². The summed E-state index contributed by atoms with van der Waals surface area (Å²) in [7, 11) is 0. The maximum Gasteiger partial charge on any atom is 0.0713 e. The van der Waals surface area contributed by atoms with E-state index in [2.05, 4.69) is 219 Å². The SMILES string of the molecule is C/C=C\C(=C/c1ccccc1-c1ccccc1C)N(c1ccccc1)c1ccc2c(c1)-c1ccccc1C2(c1ccccc1)c1ccccc1. The third kappa shape index (κ3) is 5.29. The molecule has 0 aromatic heterocycles. The van der Waals surface area contributed by atoms with E-state index in [1.165, 1.54) is 55.6 Å². The van der Waals surface area contributed by atoms with Gasteiger partial charge in [-0.2, -0.15) is 0 Å². The summed E-state index contributed by atoms with van der Waals surface area (Å²) in [6, 6.07) is 66.1. The third-order valence-corrected chi connectivity index (χ3v) is 10.0. The van der Waals surface area contributed by atoms with Gasteiger partial charge in [0.05, 0.1) is 5.41 Å². The fraction of sp³-hybridized carbons (Fsp3) is 0.0612. The molecule has 0 atom stereocenters. The molecule has 0 bridgehead atoms. The maximum atomic E-state index is 2.40. The van der Waals surface area contributed by atoms with E-state index in [1.807, 2.05) is 0 Å². The van der Waals surface area contributed by atoms with Crippen molar-refractivity contribution < 1.29 is 0 Å². The Kier molecular flexibility index (Phi) is 8.32. The average molecular weight is 642 g/mol. The van der Waals surface area contributed by atoms with Crippen LogP contribution < -0.4 is 4.90 Å². The molecular formula is C49H39N. The minimum atomic E-state index is -0.432. The fourth-order valence-corrected chi connectivity index (χ4v) is 7.86. The number of rotatable bonds is 8. The highest BCUT2D eigenvalue weighted by Gasteiger charge is 2.46. The van der Waals surface area contributed by atoms with Gasteiger partial charge in [0.25, 0.3) is 0 Å². The van der Waals surface area contributed by atoms with E-state index in [0.29, 0.717) is 0 Å². The van der Waals surface area contributed by atoms with E-state index in [4.69, 9.17) is 0 Å². The fourth-order valence-electron chi connectivity index (χ4n) is 7.86. The molecule has 1 aliphatic carbocycles. The monoisotopic (exact) mass is 641 g/mol. The van der Waals surface area contributed by atoms with Gasteiger partial charge in [-0.25, -0.2) is 0 Å². The summed E-state index contributed by atoms with van der Waals surface area (Å²) in [6.07, 6.45) is 6.69. The number of hydrogen-bond acceptors (Lipinski definition) is 1. The van der Waals surface area contributed by atoms with Gasteiger partial charge >= 0.3 is 0 Å². The minimum absolute atomic E-state index is 0.432.